The van der Waals surface area contributed by atoms with Crippen LogP contribution in [0.5, 0.6) is 0 Å². The number of hydrogen-bond donors (Lipinski definition) is 0. The molecule has 2 aliphatic heterocycles. The second-order valence-electron chi connectivity index (χ2n) is 7.12. The van der Waals surface area contributed by atoms with Crippen molar-refractivity contribution in [3.63, 3.8) is 0 Å². The van der Waals surface area contributed by atoms with Gasteiger partial charge in [-0.2, -0.15) is 9.57 Å². The van der Waals surface area contributed by atoms with Gasteiger partial charge in [-0.05, 0) is 30.3 Å². The highest BCUT2D eigenvalue weighted by Gasteiger charge is 2.27. The first-order valence-electron chi connectivity index (χ1n) is 9.72. The highest BCUT2D eigenvalue weighted by molar-refractivity contribution is 7.89. The van der Waals surface area contributed by atoms with E-state index >= 15 is 0 Å². The molecule has 1 aromatic carbocycles. The molecule has 0 unspecified atom stereocenters. The summed E-state index contributed by atoms with van der Waals surface area (Å²) in [5, 5.41) is 8.88. The van der Waals surface area contributed by atoms with Crippen LogP contribution >= 0.6 is 0 Å². The van der Waals surface area contributed by atoms with E-state index in [2.05, 4.69) is 4.98 Å². The van der Waals surface area contributed by atoms with Crippen LogP contribution in [-0.4, -0.2) is 70.2 Å². The van der Waals surface area contributed by atoms with Crippen molar-refractivity contribution >= 4 is 21.5 Å². The lowest BCUT2D eigenvalue weighted by Crippen LogP contribution is -2.47. The molecule has 0 atom stereocenters. The minimum Gasteiger partial charge on any atom is -0.379 e. The molecular formula is C20H22FN5O3S. The van der Waals surface area contributed by atoms with Crippen LogP contribution in [0.4, 0.5) is 15.9 Å². The summed E-state index contributed by atoms with van der Waals surface area (Å²) in [6, 6.07) is 9.72. The van der Waals surface area contributed by atoms with Crippen molar-refractivity contribution in [2.75, 3.05) is 62.3 Å². The summed E-state index contributed by atoms with van der Waals surface area (Å²) in [6.07, 6.45) is 1.40. The number of nitrogens with zero attached hydrogens (tertiary/aromatic N) is 5. The van der Waals surface area contributed by atoms with Gasteiger partial charge in [0.25, 0.3) is 0 Å². The number of rotatable bonds is 4. The topological polar surface area (TPSA) is 89.8 Å². The number of sulfonamides is 1. The van der Waals surface area contributed by atoms with E-state index in [9.17, 15) is 12.8 Å². The van der Waals surface area contributed by atoms with E-state index in [-0.39, 0.29) is 4.90 Å². The molecule has 0 bridgehead atoms. The maximum Gasteiger partial charge on any atom is 0.244 e. The van der Waals surface area contributed by atoms with Crippen molar-refractivity contribution in [1.29, 1.82) is 5.26 Å². The Hall–Kier alpha value is -2.74. The summed E-state index contributed by atoms with van der Waals surface area (Å²) in [5.74, 6) is 0.286. The fourth-order valence-electron chi connectivity index (χ4n) is 3.66. The van der Waals surface area contributed by atoms with Gasteiger partial charge in [0, 0.05) is 45.5 Å². The smallest absolute Gasteiger partial charge is 0.244 e. The number of piperazine rings is 1. The zero-order chi connectivity index (χ0) is 21.1. The van der Waals surface area contributed by atoms with E-state index in [1.165, 1.54) is 16.6 Å². The molecule has 4 rings (SSSR count). The summed E-state index contributed by atoms with van der Waals surface area (Å²) in [7, 11) is -3.57. The molecule has 2 fully saturated rings. The van der Waals surface area contributed by atoms with Crippen molar-refractivity contribution < 1.29 is 17.5 Å². The summed E-state index contributed by atoms with van der Waals surface area (Å²) in [6.45, 7) is 3.93. The molecule has 2 saturated heterocycles. The quantitative estimate of drug-likeness (QED) is 0.724. The standard InChI is InChI=1S/C20H22FN5O3S/c21-18-13-16(14-22)1-3-19(18)24-5-7-25(8-6-24)20-4-2-17(15-23-20)30(27,28)26-9-11-29-12-10-26/h1-4,13,15H,5-12H2. The molecule has 0 saturated carbocycles. The Morgan fingerprint density at radius 2 is 1.70 bits per heavy atom. The molecule has 0 radical (unpaired) electrons. The molecule has 3 heterocycles. The van der Waals surface area contributed by atoms with Crippen molar-refractivity contribution in [2.24, 2.45) is 0 Å². The number of morpholine rings is 1. The number of aromatic nitrogens is 1. The molecule has 0 spiro atoms. The summed E-state index contributed by atoms with van der Waals surface area (Å²) < 4.78 is 46.3. The van der Waals surface area contributed by atoms with Gasteiger partial charge in [-0.15, -0.1) is 0 Å². The lowest BCUT2D eigenvalue weighted by atomic mass is 10.2. The average molecular weight is 431 g/mol. The van der Waals surface area contributed by atoms with Gasteiger partial charge in [-0.1, -0.05) is 0 Å². The monoisotopic (exact) mass is 431 g/mol. The SMILES string of the molecule is N#Cc1ccc(N2CCN(c3ccc(S(=O)(=O)N4CCOCC4)cn3)CC2)c(F)c1. The Labute approximate surface area is 175 Å². The molecular weight excluding hydrogens is 409 g/mol. The molecule has 8 nitrogen and oxygen atoms in total. The van der Waals surface area contributed by atoms with E-state index in [0.29, 0.717) is 69.6 Å². The molecule has 158 valence electrons. The lowest BCUT2D eigenvalue weighted by molar-refractivity contribution is 0.0730. The lowest BCUT2D eigenvalue weighted by Gasteiger charge is -2.37. The van der Waals surface area contributed by atoms with E-state index < -0.39 is 15.8 Å². The van der Waals surface area contributed by atoms with E-state index in [1.54, 1.807) is 24.3 Å². The van der Waals surface area contributed by atoms with Crippen LogP contribution in [0.1, 0.15) is 5.56 Å². The Balaban J connectivity index is 1.41. The second-order valence-corrected chi connectivity index (χ2v) is 9.06. The molecule has 2 aliphatic rings. The normalized spacial score (nSPS) is 18.3. The Morgan fingerprint density at radius 3 is 2.30 bits per heavy atom. The zero-order valence-corrected chi connectivity index (χ0v) is 17.2. The van der Waals surface area contributed by atoms with Crippen LogP contribution < -0.4 is 9.80 Å². The van der Waals surface area contributed by atoms with Crippen molar-refractivity contribution in [3.05, 3.63) is 47.9 Å². The molecule has 30 heavy (non-hydrogen) atoms. The first-order valence-corrected chi connectivity index (χ1v) is 11.2. The largest absolute Gasteiger partial charge is 0.379 e. The third-order valence-electron chi connectivity index (χ3n) is 5.35. The maximum atomic E-state index is 14.3. The number of halogens is 1. The minimum atomic E-state index is -3.57. The second kappa shape index (κ2) is 8.55. The highest BCUT2D eigenvalue weighted by Crippen LogP contribution is 2.24. The van der Waals surface area contributed by atoms with Crippen LogP contribution in [0.15, 0.2) is 41.4 Å². The molecule has 1 aromatic heterocycles. The zero-order valence-electron chi connectivity index (χ0n) is 16.4. The number of nitriles is 1. The summed E-state index contributed by atoms with van der Waals surface area (Å²) in [5.41, 5.74) is 0.778. The predicted molar refractivity (Wildman–Crippen MR) is 109 cm³/mol. The van der Waals surface area contributed by atoms with Gasteiger partial charge in [-0.3, -0.25) is 0 Å². The Bertz CT molecular complexity index is 1040. The van der Waals surface area contributed by atoms with Gasteiger partial charge in [0.2, 0.25) is 10.0 Å². The third kappa shape index (κ3) is 4.09. The fourth-order valence-corrected chi connectivity index (χ4v) is 5.01. The van der Waals surface area contributed by atoms with E-state index in [1.807, 2.05) is 15.9 Å². The van der Waals surface area contributed by atoms with Crippen LogP contribution in [0, 0.1) is 17.1 Å². The van der Waals surface area contributed by atoms with Gasteiger partial charge in [-0.25, -0.2) is 17.8 Å². The minimum absolute atomic E-state index is 0.173. The number of anilines is 2. The number of pyridine rings is 1. The third-order valence-corrected chi connectivity index (χ3v) is 7.23. The fraction of sp³-hybridized carbons (Fsp3) is 0.400. The molecule has 0 N–H and O–H groups in total. The molecule has 0 amide bonds. The number of ether oxygens (including phenoxy) is 1. The van der Waals surface area contributed by atoms with E-state index in [0.717, 1.165) is 0 Å². The van der Waals surface area contributed by atoms with Gasteiger partial charge in [0.1, 0.15) is 16.5 Å². The van der Waals surface area contributed by atoms with Gasteiger partial charge < -0.3 is 14.5 Å². The molecule has 2 aromatic rings. The van der Waals surface area contributed by atoms with Crippen molar-refractivity contribution in [1.82, 2.24) is 9.29 Å². The predicted octanol–water partition coefficient (Wildman–Crippen LogP) is 1.44. The van der Waals surface area contributed by atoms with Crippen LogP contribution in [0.25, 0.3) is 0 Å². The van der Waals surface area contributed by atoms with Crippen LogP contribution in [-0.2, 0) is 14.8 Å². The van der Waals surface area contributed by atoms with Gasteiger partial charge in [0.15, 0.2) is 0 Å². The summed E-state index contributed by atoms with van der Waals surface area (Å²) in [4.78, 5) is 8.51. The molecule has 10 heteroatoms. The van der Waals surface area contributed by atoms with Crippen LogP contribution in [0.2, 0.25) is 0 Å². The Morgan fingerprint density at radius 1 is 1.00 bits per heavy atom. The summed E-state index contributed by atoms with van der Waals surface area (Å²) >= 11 is 0. The maximum absolute atomic E-state index is 14.3. The van der Waals surface area contributed by atoms with Crippen molar-refractivity contribution in [3.8, 4) is 6.07 Å². The number of benzene rings is 1. The van der Waals surface area contributed by atoms with Crippen LogP contribution in [0.3, 0.4) is 0 Å². The van der Waals surface area contributed by atoms with Crippen molar-refractivity contribution in [2.45, 2.75) is 4.90 Å². The molecule has 0 aliphatic carbocycles. The van der Waals surface area contributed by atoms with E-state index in [4.69, 9.17) is 10.00 Å². The average Bonchev–Trinajstić information content (AvgIpc) is 2.80. The van der Waals surface area contributed by atoms with Gasteiger partial charge in [0.05, 0.1) is 30.5 Å². The Kier molecular flexibility index (Phi) is 5.85. The van der Waals surface area contributed by atoms with Gasteiger partial charge >= 0.3 is 0 Å². The first kappa shape index (κ1) is 20.5. The highest BCUT2D eigenvalue weighted by atomic mass is 32.2. The first-order chi connectivity index (χ1) is 14.5. The number of hydrogen-bond acceptors (Lipinski definition) is 7.